The van der Waals surface area contributed by atoms with Gasteiger partial charge in [0.1, 0.15) is 5.82 Å². The highest BCUT2D eigenvalue weighted by atomic mass is 32.2. The third kappa shape index (κ3) is 3.81. The molecule has 0 unspecified atom stereocenters. The molecule has 0 radical (unpaired) electrons. The van der Waals surface area contributed by atoms with Gasteiger partial charge in [0.15, 0.2) is 0 Å². The fourth-order valence-electron chi connectivity index (χ4n) is 2.36. The van der Waals surface area contributed by atoms with E-state index in [0.29, 0.717) is 17.1 Å². The second-order valence-corrected chi connectivity index (χ2v) is 6.70. The largest absolute Gasteiger partial charge is 0.307 e. The van der Waals surface area contributed by atoms with Gasteiger partial charge in [0.25, 0.3) is 5.91 Å². The lowest BCUT2D eigenvalue weighted by Gasteiger charge is -2.07. The van der Waals surface area contributed by atoms with E-state index in [1.807, 2.05) is 36.4 Å². The number of rotatable bonds is 4. The number of anilines is 1. The summed E-state index contributed by atoms with van der Waals surface area (Å²) in [5, 5.41) is 3.83. The molecule has 3 aromatic rings. The second-order valence-electron chi connectivity index (χ2n) is 5.26. The lowest BCUT2D eigenvalue weighted by Crippen LogP contribution is -2.13. The SMILES string of the molecule is C[S@@](=O)Cc1cccc(C(=O)Nc2ccc3ccccc3n2)c1. The first-order chi connectivity index (χ1) is 11.1. The number of carbonyl (C=O) groups excluding carboxylic acids is 1. The van der Waals surface area contributed by atoms with Gasteiger partial charge in [0, 0.05) is 33.8 Å². The second kappa shape index (κ2) is 6.71. The molecule has 5 heteroatoms. The maximum absolute atomic E-state index is 12.4. The highest BCUT2D eigenvalue weighted by molar-refractivity contribution is 7.83. The highest BCUT2D eigenvalue weighted by Gasteiger charge is 2.08. The van der Waals surface area contributed by atoms with Crippen molar-refractivity contribution in [2.45, 2.75) is 5.75 Å². The predicted octanol–water partition coefficient (Wildman–Crippen LogP) is 3.37. The van der Waals surface area contributed by atoms with E-state index in [-0.39, 0.29) is 5.91 Å². The Morgan fingerprint density at radius 1 is 1.09 bits per heavy atom. The van der Waals surface area contributed by atoms with Gasteiger partial charge in [-0.1, -0.05) is 30.3 Å². The first kappa shape index (κ1) is 15.4. The van der Waals surface area contributed by atoms with Crippen molar-refractivity contribution in [3.05, 3.63) is 71.8 Å². The standard InChI is InChI=1S/C18H16N2O2S/c1-23(22)12-13-5-4-7-15(11-13)18(21)20-17-10-9-14-6-2-3-8-16(14)19-17/h2-11H,12H2,1H3,(H,19,20,21)/t23-/m1/s1. The number of pyridine rings is 1. The Hall–Kier alpha value is -2.53. The molecule has 1 amide bonds. The summed E-state index contributed by atoms with van der Waals surface area (Å²) in [6.45, 7) is 0. The number of nitrogens with one attached hydrogen (secondary N) is 1. The molecule has 0 saturated heterocycles. The minimum Gasteiger partial charge on any atom is -0.307 e. The number of aromatic nitrogens is 1. The molecule has 3 rings (SSSR count). The van der Waals surface area contributed by atoms with Crippen LogP contribution in [0.5, 0.6) is 0 Å². The monoisotopic (exact) mass is 324 g/mol. The lowest BCUT2D eigenvalue weighted by molar-refractivity contribution is 0.102. The van der Waals surface area contributed by atoms with E-state index in [9.17, 15) is 9.00 Å². The minimum absolute atomic E-state index is 0.225. The molecular weight excluding hydrogens is 308 g/mol. The van der Waals surface area contributed by atoms with Crippen molar-refractivity contribution in [1.29, 1.82) is 0 Å². The summed E-state index contributed by atoms with van der Waals surface area (Å²) < 4.78 is 11.3. The summed E-state index contributed by atoms with van der Waals surface area (Å²) in [7, 11) is -0.936. The Morgan fingerprint density at radius 3 is 2.74 bits per heavy atom. The van der Waals surface area contributed by atoms with E-state index in [2.05, 4.69) is 10.3 Å². The fraction of sp³-hybridized carbons (Fsp3) is 0.111. The van der Waals surface area contributed by atoms with Crippen molar-refractivity contribution in [2.75, 3.05) is 11.6 Å². The number of fused-ring (bicyclic) bond motifs is 1. The summed E-state index contributed by atoms with van der Waals surface area (Å²) in [6.07, 6.45) is 1.64. The van der Waals surface area contributed by atoms with Crippen LogP contribution in [0.3, 0.4) is 0 Å². The number of benzene rings is 2. The van der Waals surface area contributed by atoms with Crippen LogP contribution in [0.25, 0.3) is 10.9 Å². The van der Waals surface area contributed by atoms with Crippen molar-refractivity contribution in [3.63, 3.8) is 0 Å². The molecule has 2 aromatic carbocycles. The smallest absolute Gasteiger partial charge is 0.256 e. The first-order valence-electron chi connectivity index (χ1n) is 7.18. The molecular formula is C18H16N2O2S. The van der Waals surface area contributed by atoms with Crippen molar-refractivity contribution < 1.29 is 9.00 Å². The van der Waals surface area contributed by atoms with Crippen LogP contribution < -0.4 is 5.32 Å². The molecule has 0 aliphatic heterocycles. The third-order valence-electron chi connectivity index (χ3n) is 3.40. The van der Waals surface area contributed by atoms with Gasteiger partial charge in [0.05, 0.1) is 5.52 Å². The quantitative estimate of drug-likeness (QED) is 0.800. The number of carbonyl (C=O) groups is 1. The van der Waals surface area contributed by atoms with E-state index >= 15 is 0 Å². The van der Waals surface area contributed by atoms with E-state index in [1.165, 1.54) is 0 Å². The Kier molecular flexibility index (Phi) is 4.48. The van der Waals surface area contributed by atoms with Crippen molar-refractivity contribution in [2.24, 2.45) is 0 Å². The summed E-state index contributed by atoms with van der Waals surface area (Å²) in [5.74, 6) is 0.727. The Morgan fingerprint density at radius 2 is 1.91 bits per heavy atom. The minimum atomic E-state index is -0.936. The summed E-state index contributed by atoms with van der Waals surface area (Å²) in [5.41, 5.74) is 2.24. The van der Waals surface area contributed by atoms with Crippen molar-refractivity contribution >= 4 is 33.4 Å². The van der Waals surface area contributed by atoms with Crippen molar-refractivity contribution in [1.82, 2.24) is 4.98 Å². The lowest BCUT2D eigenvalue weighted by atomic mass is 10.1. The van der Waals surface area contributed by atoms with E-state index in [0.717, 1.165) is 16.5 Å². The topological polar surface area (TPSA) is 59.1 Å². The molecule has 4 nitrogen and oxygen atoms in total. The molecule has 0 spiro atoms. The van der Waals surface area contributed by atoms with E-state index in [4.69, 9.17) is 0 Å². The number of hydrogen-bond acceptors (Lipinski definition) is 3. The summed E-state index contributed by atoms with van der Waals surface area (Å²) in [6, 6.07) is 18.6. The fourth-order valence-corrected chi connectivity index (χ4v) is 3.01. The zero-order valence-electron chi connectivity index (χ0n) is 12.7. The number of nitrogens with zero attached hydrogens (tertiary/aromatic N) is 1. The maximum atomic E-state index is 12.4. The predicted molar refractivity (Wildman–Crippen MR) is 93.9 cm³/mol. The van der Waals surface area contributed by atoms with Gasteiger partial charge in [-0.2, -0.15) is 0 Å². The van der Waals surface area contributed by atoms with E-state index < -0.39 is 10.8 Å². The normalized spacial score (nSPS) is 12.0. The molecule has 23 heavy (non-hydrogen) atoms. The van der Waals surface area contributed by atoms with Gasteiger partial charge in [-0.25, -0.2) is 4.98 Å². The first-order valence-corrected chi connectivity index (χ1v) is 8.91. The van der Waals surface area contributed by atoms with E-state index in [1.54, 1.807) is 30.5 Å². The molecule has 1 atom stereocenters. The van der Waals surface area contributed by atoms with Crippen molar-refractivity contribution in [3.8, 4) is 0 Å². The van der Waals surface area contributed by atoms with Crippen LogP contribution in [-0.2, 0) is 16.6 Å². The molecule has 0 fully saturated rings. The molecule has 116 valence electrons. The molecule has 1 heterocycles. The highest BCUT2D eigenvalue weighted by Crippen LogP contribution is 2.16. The maximum Gasteiger partial charge on any atom is 0.256 e. The average molecular weight is 324 g/mol. The Bertz CT molecular complexity index is 893. The molecule has 0 aliphatic rings. The Balaban J connectivity index is 1.81. The number of para-hydroxylation sites is 1. The Labute approximate surface area is 137 Å². The zero-order chi connectivity index (χ0) is 16.2. The third-order valence-corrected chi connectivity index (χ3v) is 4.14. The van der Waals surface area contributed by atoms with Gasteiger partial charge in [-0.15, -0.1) is 0 Å². The van der Waals surface area contributed by atoms with Gasteiger partial charge >= 0.3 is 0 Å². The van der Waals surface area contributed by atoms with Gasteiger partial charge in [-0.3, -0.25) is 9.00 Å². The molecule has 1 N–H and O–H groups in total. The molecule has 0 aliphatic carbocycles. The summed E-state index contributed by atoms with van der Waals surface area (Å²) >= 11 is 0. The summed E-state index contributed by atoms with van der Waals surface area (Å²) in [4.78, 5) is 16.8. The van der Waals surface area contributed by atoms with Gasteiger partial charge < -0.3 is 5.32 Å². The average Bonchev–Trinajstić information content (AvgIpc) is 2.54. The van der Waals surface area contributed by atoms with Crippen LogP contribution in [0.1, 0.15) is 15.9 Å². The molecule has 1 aromatic heterocycles. The number of amides is 1. The van der Waals surface area contributed by atoms with Crippen LogP contribution in [0.4, 0.5) is 5.82 Å². The van der Waals surface area contributed by atoms with Crippen LogP contribution in [0.2, 0.25) is 0 Å². The molecule has 0 saturated carbocycles. The zero-order valence-corrected chi connectivity index (χ0v) is 13.5. The van der Waals surface area contributed by atoms with Gasteiger partial charge in [-0.05, 0) is 35.9 Å². The van der Waals surface area contributed by atoms with Crippen LogP contribution in [0.15, 0.2) is 60.7 Å². The van der Waals surface area contributed by atoms with Crippen LogP contribution in [0, 0.1) is 0 Å². The van der Waals surface area contributed by atoms with Gasteiger partial charge in [0.2, 0.25) is 0 Å². The molecule has 0 bridgehead atoms. The number of hydrogen-bond donors (Lipinski definition) is 1. The van der Waals surface area contributed by atoms with Crippen LogP contribution >= 0.6 is 0 Å². The van der Waals surface area contributed by atoms with Crippen LogP contribution in [-0.4, -0.2) is 21.4 Å².